The maximum Gasteiger partial charge on any atom is 0.163 e. The quantitative estimate of drug-likeness (QED) is 0.605. The van der Waals surface area contributed by atoms with Crippen LogP contribution in [-0.4, -0.2) is 11.6 Å². The first-order chi connectivity index (χ1) is 12.4. The van der Waals surface area contributed by atoms with Gasteiger partial charge in [0.1, 0.15) is 5.78 Å². The number of rotatable bonds is 5. The Kier molecular flexibility index (Phi) is 5.93. The van der Waals surface area contributed by atoms with Crippen molar-refractivity contribution in [1.29, 1.82) is 0 Å². The number of ketones is 2. The standard InChI is InChI=1S/C23H25ClO2/c1-15-3-6-18(7-4-15)23(26)14-20(17-8-10-19(24)11-9-17)21-13-16(2)5-12-22(21)25/h3-4,6-11,16,20-21H,5,12-14H2,1-2H3/t16-,20-,21+/m1/s1. The first kappa shape index (κ1) is 18.8. The molecule has 3 rings (SSSR count). The highest BCUT2D eigenvalue weighted by atomic mass is 35.5. The summed E-state index contributed by atoms with van der Waals surface area (Å²) < 4.78 is 0. The number of hydrogen-bond donors (Lipinski definition) is 0. The van der Waals surface area contributed by atoms with Crippen LogP contribution in [0.2, 0.25) is 5.02 Å². The lowest BCUT2D eigenvalue weighted by atomic mass is 9.70. The molecule has 0 heterocycles. The molecule has 2 aromatic carbocycles. The Morgan fingerprint density at radius 2 is 1.77 bits per heavy atom. The van der Waals surface area contributed by atoms with Crippen LogP contribution in [0.1, 0.15) is 60.0 Å². The van der Waals surface area contributed by atoms with E-state index in [1.54, 1.807) is 0 Å². The third kappa shape index (κ3) is 4.42. The van der Waals surface area contributed by atoms with Gasteiger partial charge in [-0.05, 0) is 43.4 Å². The Bertz CT molecular complexity index is 777. The molecule has 136 valence electrons. The van der Waals surface area contributed by atoms with Crippen molar-refractivity contribution in [2.75, 3.05) is 0 Å². The molecule has 0 aliphatic heterocycles. The van der Waals surface area contributed by atoms with Gasteiger partial charge in [0, 0.05) is 35.3 Å². The summed E-state index contributed by atoms with van der Waals surface area (Å²) in [6.45, 7) is 4.20. The smallest absolute Gasteiger partial charge is 0.163 e. The van der Waals surface area contributed by atoms with Gasteiger partial charge in [0.05, 0.1) is 0 Å². The lowest BCUT2D eigenvalue weighted by Gasteiger charge is -2.32. The number of aryl methyl sites for hydroxylation is 1. The van der Waals surface area contributed by atoms with Crippen LogP contribution in [0.5, 0.6) is 0 Å². The third-order valence-corrected chi connectivity index (χ3v) is 5.77. The zero-order valence-corrected chi connectivity index (χ0v) is 16.1. The van der Waals surface area contributed by atoms with Crippen molar-refractivity contribution in [1.82, 2.24) is 0 Å². The van der Waals surface area contributed by atoms with E-state index in [9.17, 15) is 9.59 Å². The van der Waals surface area contributed by atoms with Gasteiger partial charge in [-0.2, -0.15) is 0 Å². The van der Waals surface area contributed by atoms with E-state index in [0.717, 1.165) is 24.0 Å². The topological polar surface area (TPSA) is 34.1 Å². The fourth-order valence-corrected chi connectivity index (χ4v) is 4.03. The Labute approximate surface area is 160 Å². The predicted octanol–water partition coefficient (Wildman–Crippen LogP) is 6.01. The van der Waals surface area contributed by atoms with Crippen molar-refractivity contribution in [3.05, 3.63) is 70.2 Å². The lowest BCUT2D eigenvalue weighted by Crippen LogP contribution is -2.30. The van der Waals surface area contributed by atoms with Crippen molar-refractivity contribution in [2.24, 2.45) is 11.8 Å². The molecule has 1 aliphatic carbocycles. The second-order valence-corrected chi connectivity index (χ2v) is 8.04. The minimum atomic E-state index is -0.0886. The molecule has 0 unspecified atom stereocenters. The molecule has 26 heavy (non-hydrogen) atoms. The SMILES string of the molecule is Cc1ccc(C(=O)C[C@H](c2ccc(Cl)cc2)[C@@H]2C[C@H](C)CCC2=O)cc1. The largest absolute Gasteiger partial charge is 0.299 e. The van der Waals surface area contributed by atoms with E-state index >= 15 is 0 Å². The van der Waals surface area contributed by atoms with Gasteiger partial charge in [-0.1, -0.05) is 60.5 Å². The van der Waals surface area contributed by atoms with E-state index in [-0.39, 0.29) is 17.6 Å². The molecule has 1 aliphatic rings. The van der Waals surface area contributed by atoms with E-state index in [1.165, 1.54) is 0 Å². The lowest BCUT2D eigenvalue weighted by molar-refractivity contribution is -0.126. The average Bonchev–Trinajstić information content (AvgIpc) is 2.63. The van der Waals surface area contributed by atoms with Crippen LogP contribution in [0, 0.1) is 18.8 Å². The molecule has 1 fully saturated rings. The van der Waals surface area contributed by atoms with Gasteiger partial charge in [0.25, 0.3) is 0 Å². The van der Waals surface area contributed by atoms with Gasteiger partial charge in [0.15, 0.2) is 5.78 Å². The molecule has 2 nitrogen and oxygen atoms in total. The molecule has 0 bridgehead atoms. The van der Waals surface area contributed by atoms with Crippen LogP contribution in [-0.2, 0) is 4.79 Å². The van der Waals surface area contributed by atoms with Gasteiger partial charge >= 0.3 is 0 Å². The molecule has 0 radical (unpaired) electrons. The van der Waals surface area contributed by atoms with E-state index in [0.29, 0.717) is 35.1 Å². The minimum Gasteiger partial charge on any atom is -0.299 e. The second-order valence-electron chi connectivity index (χ2n) is 7.60. The highest BCUT2D eigenvalue weighted by Gasteiger charge is 2.35. The van der Waals surface area contributed by atoms with Crippen molar-refractivity contribution in [3.8, 4) is 0 Å². The molecule has 2 aromatic rings. The van der Waals surface area contributed by atoms with Gasteiger partial charge in [-0.25, -0.2) is 0 Å². The number of carbonyl (C=O) groups excluding carboxylic acids is 2. The predicted molar refractivity (Wildman–Crippen MR) is 106 cm³/mol. The zero-order valence-electron chi connectivity index (χ0n) is 15.4. The first-order valence-corrected chi connectivity index (χ1v) is 9.70. The molecular weight excluding hydrogens is 344 g/mol. The van der Waals surface area contributed by atoms with Crippen molar-refractivity contribution in [2.45, 2.75) is 45.4 Å². The van der Waals surface area contributed by atoms with Crippen LogP contribution >= 0.6 is 11.6 Å². The van der Waals surface area contributed by atoms with E-state index in [4.69, 9.17) is 11.6 Å². The summed E-state index contributed by atoms with van der Waals surface area (Å²) in [4.78, 5) is 25.5. The molecule has 0 amide bonds. The summed E-state index contributed by atoms with van der Waals surface area (Å²) in [5.74, 6) is 0.725. The van der Waals surface area contributed by atoms with Crippen molar-refractivity contribution >= 4 is 23.2 Å². The number of halogens is 1. The Balaban J connectivity index is 1.89. The van der Waals surface area contributed by atoms with Crippen molar-refractivity contribution in [3.63, 3.8) is 0 Å². The summed E-state index contributed by atoms with van der Waals surface area (Å²) in [5, 5.41) is 0.667. The normalized spacial score (nSPS) is 21.4. The number of carbonyl (C=O) groups is 2. The van der Waals surface area contributed by atoms with Crippen LogP contribution < -0.4 is 0 Å². The number of benzene rings is 2. The van der Waals surface area contributed by atoms with Crippen LogP contribution in [0.25, 0.3) is 0 Å². The van der Waals surface area contributed by atoms with Gasteiger partial charge in [-0.3, -0.25) is 9.59 Å². The summed E-state index contributed by atoms with van der Waals surface area (Å²) in [5.41, 5.74) is 2.88. The minimum absolute atomic E-state index is 0.0867. The highest BCUT2D eigenvalue weighted by Crippen LogP contribution is 2.39. The molecular formula is C23H25ClO2. The third-order valence-electron chi connectivity index (χ3n) is 5.52. The average molecular weight is 369 g/mol. The first-order valence-electron chi connectivity index (χ1n) is 9.32. The Morgan fingerprint density at radius 1 is 1.12 bits per heavy atom. The van der Waals surface area contributed by atoms with E-state index in [1.807, 2.05) is 55.5 Å². The maximum atomic E-state index is 12.9. The molecule has 3 atom stereocenters. The number of Topliss-reactive ketones (excluding diaryl/α,β-unsaturated/α-hetero) is 2. The van der Waals surface area contributed by atoms with E-state index in [2.05, 4.69) is 6.92 Å². The zero-order chi connectivity index (χ0) is 18.7. The fourth-order valence-electron chi connectivity index (χ4n) is 3.90. The Morgan fingerprint density at radius 3 is 2.42 bits per heavy atom. The van der Waals surface area contributed by atoms with Gasteiger partial charge in [-0.15, -0.1) is 0 Å². The molecule has 3 heteroatoms. The molecule has 0 aromatic heterocycles. The Hall–Kier alpha value is -1.93. The van der Waals surface area contributed by atoms with Crippen LogP contribution in [0.3, 0.4) is 0 Å². The summed E-state index contributed by atoms with van der Waals surface area (Å²) in [6.07, 6.45) is 2.78. The van der Waals surface area contributed by atoms with Crippen LogP contribution in [0.15, 0.2) is 48.5 Å². The second kappa shape index (κ2) is 8.18. The molecule has 1 saturated carbocycles. The van der Waals surface area contributed by atoms with Gasteiger partial charge in [0.2, 0.25) is 0 Å². The highest BCUT2D eigenvalue weighted by molar-refractivity contribution is 6.30. The molecule has 0 spiro atoms. The summed E-state index contributed by atoms with van der Waals surface area (Å²) in [6, 6.07) is 15.3. The maximum absolute atomic E-state index is 12.9. The summed E-state index contributed by atoms with van der Waals surface area (Å²) in [7, 11) is 0. The monoisotopic (exact) mass is 368 g/mol. The summed E-state index contributed by atoms with van der Waals surface area (Å²) >= 11 is 6.04. The van der Waals surface area contributed by atoms with Crippen LogP contribution in [0.4, 0.5) is 0 Å². The van der Waals surface area contributed by atoms with Gasteiger partial charge < -0.3 is 0 Å². The fraction of sp³-hybridized carbons (Fsp3) is 0.391. The van der Waals surface area contributed by atoms with Crippen molar-refractivity contribution < 1.29 is 9.59 Å². The molecule has 0 saturated heterocycles. The number of hydrogen-bond acceptors (Lipinski definition) is 2. The molecule has 0 N–H and O–H groups in total. The van der Waals surface area contributed by atoms with E-state index < -0.39 is 0 Å².